The minimum atomic E-state index is 0.220. The molecular weight excluding hydrogens is 258 g/mol. The summed E-state index contributed by atoms with van der Waals surface area (Å²) in [5.74, 6) is 1.07. The summed E-state index contributed by atoms with van der Waals surface area (Å²) in [6, 6.07) is 11.2. The first-order valence-corrected chi connectivity index (χ1v) is 7.65. The maximum atomic E-state index is 4.46. The summed E-state index contributed by atoms with van der Waals surface area (Å²) in [4.78, 5) is 4.46. The molecule has 0 saturated heterocycles. The van der Waals surface area contributed by atoms with Crippen molar-refractivity contribution >= 4 is 0 Å². The summed E-state index contributed by atoms with van der Waals surface area (Å²) in [5.41, 5.74) is 1.61. The van der Waals surface area contributed by atoms with E-state index < -0.39 is 0 Å². The maximum Gasteiger partial charge on any atom is 0.125 e. The number of imidazole rings is 1. The zero-order valence-corrected chi connectivity index (χ0v) is 13.8. The van der Waals surface area contributed by atoms with Crippen LogP contribution in [0.2, 0.25) is 0 Å². The van der Waals surface area contributed by atoms with Crippen molar-refractivity contribution in [3.8, 4) is 0 Å². The topological polar surface area (TPSA) is 29.9 Å². The lowest BCUT2D eigenvalue weighted by molar-refractivity contribution is 0.294. The Labute approximate surface area is 128 Å². The van der Waals surface area contributed by atoms with Gasteiger partial charge in [0.1, 0.15) is 5.82 Å². The van der Waals surface area contributed by atoms with Crippen molar-refractivity contribution in [1.82, 2.24) is 14.9 Å². The molecule has 0 amide bonds. The molecule has 2 unspecified atom stereocenters. The fourth-order valence-corrected chi connectivity index (χ4v) is 2.74. The van der Waals surface area contributed by atoms with Crippen molar-refractivity contribution in [2.24, 2.45) is 12.5 Å². The van der Waals surface area contributed by atoms with E-state index in [2.05, 4.69) is 72.9 Å². The van der Waals surface area contributed by atoms with Gasteiger partial charge >= 0.3 is 0 Å². The number of aryl methyl sites for hydroxylation is 1. The van der Waals surface area contributed by atoms with Crippen LogP contribution in [0.25, 0.3) is 0 Å². The van der Waals surface area contributed by atoms with Crippen molar-refractivity contribution in [2.75, 3.05) is 0 Å². The van der Waals surface area contributed by atoms with Crippen LogP contribution in [-0.2, 0) is 7.05 Å². The van der Waals surface area contributed by atoms with E-state index >= 15 is 0 Å². The maximum absolute atomic E-state index is 4.46. The highest BCUT2D eigenvalue weighted by Crippen LogP contribution is 2.31. The Morgan fingerprint density at radius 2 is 1.86 bits per heavy atom. The van der Waals surface area contributed by atoms with Crippen LogP contribution in [0.5, 0.6) is 0 Å². The van der Waals surface area contributed by atoms with Gasteiger partial charge in [0, 0.05) is 25.5 Å². The van der Waals surface area contributed by atoms with Crippen LogP contribution in [0.1, 0.15) is 57.6 Å². The first kappa shape index (κ1) is 15.8. The molecule has 2 atom stereocenters. The lowest BCUT2D eigenvalue weighted by Gasteiger charge is -2.29. The lowest BCUT2D eigenvalue weighted by Crippen LogP contribution is -2.29. The Bertz CT molecular complexity index is 551. The molecule has 0 radical (unpaired) electrons. The van der Waals surface area contributed by atoms with Crippen LogP contribution in [0.3, 0.4) is 0 Å². The van der Waals surface area contributed by atoms with Gasteiger partial charge in [-0.3, -0.25) is 0 Å². The highest BCUT2D eigenvalue weighted by atomic mass is 15.1. The van der Waals surface area contributed by atoms with Gasteiger partial charge in [0.25, 0.3) is 0 Å². The normalized spacial score (nSPS) is 14.9. The Hall–Kier alpha value is -1.61. The van der Waals surface area contributed by atoms with Crippen molar-refractivity contribution in [3.05, 3.63) is 54.1 Å². The second-order valence-corrected chi connectivity index (χ2v) is 7.01. The fourth-order valence-electron chi connectivity index (χ4n) is 2.74. The van der Waals surface area contributed by atoms with Gasteiger partial charge in [-0.2, -0.15) is 0 Å². The third-order valence-corrected chi connectivity index (χ3v) is 3.72. The highest BCUT2D eigenvalue weighted by Gasteiger charge is 2.23. The monoisotopic (exact) mass is 285 g/mol. The molecular formula is C18H27N3. The zero-order valence-electron chi connectivity index (χ0n) is 13.8. The van der Waals surface area contributed by atoms with E-state index in [1.165, 1.54) is 5.56 Å². The molecule has 2 aromatic rings. The van der Waals surface area contributed by atoms with E-state index in [0.717, 1.165) is 12.2 Å². The summed E-state index contributed by atoms with van der Waals surface area (Å²) in [5, 5.41) is 3.75. The average molecular weight is 285 g/mol. The standard InChI is InChI=1S/C18H27N3/c1-14(17-19-11-12-21(17)5)20-16(13-18(2,3)4)15-9-7-6-8-10-15/h6-12,14,16,20H,13H2,1-5H3. The fraction of sp³-hybridized carbons (Fsp3) is 0.500. The Balaban J connectivity index is 2.18. The Kier molecular flexibility index (Phi) is 4.84. The second-order valence-electron chi connectivity index (χ2n) is 7.01. The third kappa shape index (κ3) is 4.43. The first-order valence-electron chi connectivity index (χ1n) is 7.65. The molecule has 3 heteroatoms. The number of hydrogen-bond donors (Lipinski definition) is 1. The number of hydrogen-bond acceptors (Lipinski definition) is 2. The van der Waals surface area contributed by atoms with Gasteiger partial charge in [0.2, 0.25) is 0 Å². The molecule has 1 aromatic heterocycles. The predicted molar refractivity (Wildman–Crippen MR) is 88.0 cm³/mol. The smallest absolute Gasteiger partial charge is 0.125 e. The van der Waals surface area contributed by atoms with Gasteiger partial charge in [0.15, 0.2) is 0 Å². The summed E-state index contributed by atoms with van der Waals surface area (Å²) >= 11 is 0. The van der Waals surface area contributed by atoms with E-state index in [-0.39, 0.29) is 11.5 Å². The Morgan fingerprint density at radius 1 is 1.19 bits per heavy atom. The van der Waals surface area contributed by atoms with E-state index in [1.807, 2.05) is 19.4 Å². The summed E-state index contributed by atoms with van der Waals surface area (Å²) in [7, 11) is 2.04. The van der Waals surface area contributed by atoms with Crippen LogP contribution >= 0.6 is 0 Å². The molecule has 1 heterocycles. The minimum Gasteiger partial charge on any atom is -0.337 e. The lowest BCUT2D eigenvalue weighted by atomic mass is 9.85. The van der Waals surface area contributed by atoms with Crippen molar-refractivity contribution < 1.29 is 0 Å². The first-order chi connectivity index (χ1) is 9.87. The van der Waals surface area contributed by atoms with Crippen LogP contribution in [-0.4, -0.2) is 9.55 Å². The molecule has 2 rings (SSSR count). The van der Waals surface area contributed by atoms with Gasteiger partial charge in [-0.05, 0) is 24.3 Å². The van der Waals surface area contributed by atoms with E-state index in [1.54, 1.807) is 0 Å². The largest absolute Gasteiger partial charge is 0.337 e. The number of nitrogens with zero attached hydrogens (tertiary/aromatic N) is 2. The van der Waals surface area contributed by atoms with Gasteiger partial charge in [-0.15, -0.1) is 0 Å². The quantitative estimate of drug-likeness (QED) is 0.890. The van der Waals surface area contributed by atoms with E-state index in [9.17, 15) is 0 Å². The zero-order chi connectivity index (χ0) is 15.5. The van der Waals surface area contributed by atoms with E-state index in [0.29, 0.717) is 6.04 Å². The Morgan fingerprint density at radius 3 is 2.38 bits per heavy atom. The number of benzene rings is 1. The predicted octanol–water partition coefficient (Wildman–Crippen LogP) is 4.25. The second kappa shape index (κ2) is 6.44. The van der Waals surface area contributed by atoms with Crippen LogP contribution < -0.4 is 5.32 Å². The van der Waals surface area contributed by atoms with Crippen molar-refractivity contribution in [2.45, 2.75) is 46.2 Å². The summed E-state index contributed by atoms with van der Waals surface area (Å²) in [6.07, 6.45) is 4.94. The highest BCUT2D eigenvalue weighted by molar-refractivity contribution is 5.19. The number of nitrogens with one attached hydrogen (secondary N) is 1. The van der Waals surface area contributed by atoms with Crippen LogP contribution in [0, 0.1) is 5.41 Å². The molecule has 0 aliphatic rings. The van der Waals surface area contributed by atoms with Gasteiger partial charge < -0.3 is 9.88 Å². The molecule has 0 spiro atoms. The number of aromatic nitrogens is 2. The van der Waals surface area contributed by atoms with E-state index in [4.69, 9.17) is 0 Å². The molecule has 3 nitrogen and oxygen atoms in total. The molecule has 114 valence electrons. The molecule has 0 saturated carbocycles. The van der Waals surface area contributed by atoms with Crippen molar-refractivity contribution in [1.29, 1.82) is 0 Å². The van der Waals surface area contributed by atoms with Gasteiger partial charge in [-0.1, -0.05) is 51.1 Å². The molecule has 0 bridgehead atoms. The minimum absolute atomic E-state index is 0.220. The van der Waals surface area contributed by atoms with Gasteiger partial charge in [-0.25, -0.2) is 4.98 Å². The molecule has 21 heavy (non-hydrogen) atoms. The third-order valence-electron chi connectivity index (χ3n) is 3.72. The van der Waals surface area contributed by atoms with Crippen LogP contribution in [0.15, 0.2) is 42.7 Å². The molecule has 0 aliphatic heterocycles. The molecule has 0 fully saturated rings. The average Bonchev–Trinajstić information content (AvgIpc) is 2.84. The van der Waals surface area contributed by atoms with Crippen molar-refractivity contribution in [3.63, 3.8) is 0 Å². The molecule has 1 N–H and O–H groups in total. The summed E-state index contributed by atoms with van der Waals surface area (Å²) < 4.78 is 2.08. The van der Waals surface area contributed by atoms with Gasteiger partial charge in [0.05, 0.1) is 6.04 Å². The SMILES string of the molecule is CC(NC(CC(C)(C)C)c1ccccc1)c1nccn1C. The molecule has 1 aromatic carbocycles. The molecule has 0 aliphatic carbocycles. The summed E-state index contributed by atoms with van der Waals surface area (Å²) in [6.45, 7) is 9.04. The van der Waals surface area contributed by atoms with Crippen LogP contribution in [0.4, 0.5) is 0 Å². The number of rotatable bonds is 5.